The summed E-state index contributed by atoms with van der Waals surface area (Å²) in [4.78, 5) is 7.54. The monoisotopic (exact) mass is 638 g/mol. The highest BCUT2D eigenvalue weighted by atomic mass is 19.4. The number of hydrogen-bond acceptors (Lipinski definition) is 4. The van der Waals surface area contributed by atoms with E-state index in [0.29, 0.717) is 23.0 Å². The standard InChI is InChI=1S/C37H42F4N2O3/c1-4-5-6-7-8-9-10-15-22-35(2,27-23-25(38)20-21-30(27)45-3)24-36(44,37(39,40)41)32-26-16-11-12-17-28(26)42-33(32)34-43-29-18-13-14-19-31(29)46-34/h11-14,16-21,23,42,44H,4-10,15,22,24H2,1-3H3. The van der Waals surface area contributed by atoms with Crippen LogP contribution in [0.3, 0.4) is 0 Å². The fourth-order valence-corrected chi connectivity index (χ4v) is 6.73. The third-order valence-corrected chi connectivity index (χ3v) is 9.14. The number of rotatable bonds is 15. The first-order valence-corrected chi connectivity index (χ1v) is 16.1. The predicted octanol–water partition coefficient (Wildman–Crippen LogP) is 10.8. The zero-order chi connectivity index (χ0) is 33.0. The van der Waals surface area contributed by atoms with Crippen molar-refractivity contribution in [1.82, 2.24) is 9.97 Å². The van der Waals surface area contributed by atoms with Gasteiger partial charge in [0.05, 0.1) is 7.11 Å². The van der Waals surface area contributed by atoms with Crippen molar-refractivity contribution in [2.24, 2.45) is 0 Å². The van der Waals surface area contributed by atoms with Crippen molar-refractivity contribution < 1.29 is 31.8 Å². The molecule has 0 fully saturated rings. The number of nitrogens with one attached hydrogen (secondary N) is 1. The average Bonchev–Trinajstić information content (AvgIpc) is 3.64. The third-order valence-electron chi connectivity index (χ3n) is 9.14. The van der Waals surface area contributed by atoms with Crippen LogP contribution in [0.15, 0.2) is 71.1 Å². The summed E-state index contributed by atoms with van der Waals surface area (Å²) < 4.78 is 73.0. The molecule has 0 saturated carbocycles. The van der Waals surface area contributed by atoms with Crippen LogP contribution in [-0.4, -0.2) is 28.4 Å². The van der Waals surface area contributed by atoms with Gasteiger partial charge in [0, 0.05) is 22.0 Å². The topological polar surface area (TPSA) is 71.3 Å². The first kappa shape index (κ1) is 33.5. The molecule has 0 saturated heterocycles. The number of alkyl halides is 3. The minimum Gasteiger partial charge on any atom is -0.496 e. The van der Waals surface area contributed by atoms with Crippen LogP contribution in [0, 0.1) is 5.82 Å². The molecule has 0 aliphatic heterocycles. The maximum atomic E-state index is 15.6. The van der Waals surface area contributed by atoms with Crippen LogP contribution < -0.4 is 4.74 Å². The van der Waals surface area contributed by atoms with Gasteiger partial charge in [-0.05, 0) is 54.7 Å². The Morgan fingerprint density at radius 3 is 2.26 bits per heavy atom. The Bertz CT molecular complexity index is 1730. The van der Waals surface area contributed by atoms with Gasteiger partial charge in [-0.15, -0.1) is 0 Å². The number of nitrogens with zero attached hydrogens (tertiary/aromatic N) is 1. The van der Waals surface area contributed by atoms with Gasteiger partial charge in [-0.2, -0.15) is 13.2 Å². The van der Waals surface area contributed by atoms with E-state index in [9.17, 15) is 9.50 Å². The number of aliphatic hydroxyl groups is 1. The summed E-state index contributed by atoms with van der Waals surface area (Å²) in [6.45, 7) is 3.83. The van der Waals surface area contributed by atoms with Gasteiger partial charge >= 0.3 is 6.18 Å². The van der Waals surface area contributed by atoms with Crippen LogP contribution in [0.25, 0.3) is 33.6 Å². The summed E-state index contributed by atoms with van der Waals surface area (Å²) in [7, 11) is 1.41. The Hall–Kier alpha value is -3.85. The number of aromatic amines is 1. The first-order chi connectivity index (χ1) is 22.0. The molecule has 2 heterocycles. The molecule has 0 aliphatic carbocycles. The lowest BCUT2D eigenvalue weighted by Crippen LogP contribution is -2.47. The van der Waals surface area contributed by atoms with Crippen molar-refractivity contribution in [3.63, 3.8) is 0 Å². The molecule has 2 atom stereocenters. The first-order valence-electron chi connectivity index (χ1n) is 16.1. The van der Waals surface area contributed by atoms with Crippen molar-refractivity contribution in [3.05, 3.63) is 83.7 Å². The number of ether oxygens (including phenoxy) is 1. The second kappa shape index (κ2) is 13.9. The molecule has 0 spiro atoms. The Balaban J connectivity index is 1.61. The number of benzene rings is 3. The predicted molar refractivity (Wildman–Crippen MR) is 173 cm³/mol. The van der Waals surface area contributed by atoms with Crippen molar-refractivity contribution in [2.45, 2.75) is 95.2 Å². The van der Waals surface area contributed by atoms with Crippen molar-refractivity contribution in [3.8, 4) is 17.3 Å². The van der Waals surface area contributed by atoms with Gasteiger partial charge in [-0.3, -0.25) is 0 Å². The summed E-state index contributed by atoms with van der Waals surface area (Å²) in [5.74, 6) is -0.387. The Morgan fingerprint density at radius 1 is 0.891 bits per heavy atom. The van der Waals surface area contributed by atoms with Crippen LogP contribution in [-0.2, 0) is 11.0 Å². The van der Waals surface area contributed by atoms with Gasteiger partial charge in [-0.25, -0.2) is 9.37 Å². The SMILES string of the molecule is CCCCCCCCCCC(C)(CC(O)(c1c(-c2nc3ccccc3o2)[nH]c2ccccc12)C(F)(F)F)c1cc(F)ccc1OC. The molecular weight excluding hydrogens is 596 g/mol. The van der Waals surface area contributed by atoms with Gasteiger partial charge in [0.25, 0.3) is 0 Å². The molecule has 5 rings (SSSR count). The maximum absolute atomic E-state index is 15.6. The zero-order valence-electron chi connectivity index (χ0n) is 26.6. The molecule has 0 bridgehead atoms. The quantitative estimate of drug-likeness (QED) is 0.0884. The van der Waals surface area contributed by atoms with Crippen LogP contribution in [0.4, 0.5) is 17.6 Å². The van der Waals surface area contributed by atoms with Crippen molar-refractivity contribution >= 4 is 22.0 Å². The van der Waals surface area contributed by atoms with E-state index in [-0.39, 0.29) is 40.3 Å². The number of para-hydroxylation sites is 3. The number of methoxy groups -OCH3 is 1. The smallest absolute Gasteiger partial charge is 0.421 e. The highest BCUT2D eigenvalue weighted by Crippen LogP contribution is 2.54. The van der Waals surface area contributed by atoms with Crippen LogP contribution in [0.1, 0.15) is 89.2 Å². The van der Waals surface area contributed by atoms with Crippen LogP contribution >= 0.6 is 0 Å². The molecule has 5 aromatic rings. The Kier molecular flexibility index (Phi) is 10.1. The highest BCUT2D eigenvalue weighted by molar-refractivity contribution is 5.91. The number of halogens is 4. The molecule has 2 N–H and O–H groups in total. The molecule has 5 nitrogen and oxygen atoms in total. The van der Waals surface area contributed by atoms with Crippen molar-refractivity contribution in [1.29, 1.82) is 0 Å². The number of unbranched alkanes of at least 4 members (excludes halogenated alkanes) is 7. The van der Waals surface area contributed by atoms with E-state index in [0.717, 1.165) is 32.1 Å². The number of aromatic nitrogens is 2. The summed E-state index contributed by atoms with van der Waals surface area (Å²) in [5, 5.41) is 12.4. The number of H-pyrrole nitrogens is 1. The van der Waals surface area contributed by atoms with Gasteiger partial charge in [0.15, 0.2) is 11.2 Å². The fourth-order valence-electron chi connectivity index (χ4n) is 6.73. The Labute approximate surface area is 267 Å². The number of fused-ring (bicyclic) bond motifs is 2. The largest absolute Gasteiger partial charge is 0.496 e. The van der Waals surface area contributed by atoms with E-state index < -0.39 is 29.4 Å². The molecule has 246 valence electrons. The fraction of sp³-hybridized carbons (Fsp3) is 0.432. The molecule has 2 unspecified atom stereocenters. The normalized spacial score (nSPS) is 14.9. The van der Waals surface area contributed by atoms with Gasteiger partial charge < -0.3 is 19.2 Å². The van der Waals surface area contributed by atoms with E-state index in [4.69, 9.17) is 9.15 Å². The highest BCUT2D eigenvalue weighted by Gasteiger charge is 2.60. The van der Waals surface area contributed by atoms with Gasteiger partial charge in [0.1, 0.15) is 22.8 Å². The van der Waals surface area contributed by atoms with Crippen LogP contribution in [0.5, 0.6) is 5.75 Å². The molecule has 2 aromatic heterocycles. The summed E-state index contributed by atoms with van der Waals surface area (Å²) in [6, 6.07) is 17.3. The lowest BCUT2D eigenvalue weighted by Gasteiger charge is -2.41. The van der Waals surface area contributed by atoms with E-state index in [1.165, 1.54) is 38.2 Å². The second-order valence-electron chi connectivity index (χ2n) is 12.6. The maximum Gasteiger partial charge on any atom is 0.421 e. The Morgan fingerprint density at radius 2 is 1.57 bits per heavy atom. The summed E-state index contributed by atoms with van der Waals surface area (Å²) in [6.07, 6.45) is 2.41. The van der Waals surface area contributed by atoms with E-state index in [1.54, 1.807) is 55.5 Å². The number of oxazole rings is 1. The lowest BCUT2D eigenvalue weighted by atomic mass is 9.68. The second-order valence-corrected chi connectivity index (χ2v) is 12.6. The van der Waals surface area contributed by atoms with Gasteiger partial charge in [0.2, 0.25) is 5.89 Å². The van der Waals surface area contributed by atoms with Crippen LogP contribution in [0.2, 0.25) is 0 Å². The molecule has 0 amide bonds. The third kappa shape index (κ3) is 6.80. The molecule has 9 heteroatoms. The number of hydrogen-bond donors (Lipinski definition) is 2. The molecule has 0 radical (unpaired) electrons. The van der Waals surface area contributed by atoms with Gasteiger partial charge in [-0.1, -0.05) is 95.5 Å². The lowest BCUT2D eigenvalue weighted by molar-refractivity contribution is -0.273. The zero-order valence-corrected chi connectivity index (χ0v) is 26.6. The minimum absolute atomic E-state index is 0.0575. The van der Waals surface area contributed by atoms with E-state index >= 15 is 13.2 Å². The summed E-state index contributed by atoms with van der Waals surface area (Å²) >= 11 is 0. The molecule has 0 aliphatic rings. The molecular formula is C37H42F4N2O3. The molecule has 3 aromatic carbocycles. The summed E-state index contributed by atoms with van der Waals surface area (Å²) in [5.41, 5.74) is -3.60. The van der Waals surface area contributed by atoms with E-state index in [1.807, 2.05) is 0 Å². The van der Waals surface area contributed by atoms with Crippen molar-refractivity contribution in [2.75, 3.05) is 7.11 Å². The average molecular weight is 639 g/mol. The minimum atomic E-state index is -5.13. The van der Waals surface area contributed by atoms with E-state index in [2.05, 4.69) is 16.9 Å². The molecule has 46 heavy (non-hydrogen) atoms.